The summed E-state index contributed by atoms with van der Waals surface area (Å²) in [4.78, 5) is 15.7. The van der Waals surface area contributed by atoms with Crippen LogP contribution in [0.1, 0.15) is 30.9 Å². The Morgan fingerprint density at radius 3 is 2.81 bits per heavy atom. The molecule has 0 spiro atoms. The number of carbonyl (C=O) groups excluding carboxylic acids is 1. The van der Waals surface area contributed by atoms with Crippen molar-refractivity contribution in [1.82, 2.24) is 0 Å². The highest BCUT2D eigenvalue weighted by atomic mass is 16.5. The Morgan fingerprint density at radius 2 is 2.14 bits per heavy atom. The lowest BCUT2D eigenvalue weighted by atomic mass is 9.96. The molecule has 1 aromatic carbocycles. The van der Waals surface area contributed by atoms with Crippen LogP contribution in [-0.2, 0) is 11.2 Å². The molecule has 2 unspecified atom stereocenters. The van der Waals surface area contributed by atoms with E-state index in [1.807, 2.05) is 12.1 Å². The minimum Gasteiger partial charge on any atom is -0.493 e. The molecule has 2 aliphatic rings. The number of hydrogen-bond donors (Lipinski definition) is 2. The van der Waals surface area contributed by atoms with Crippen LogP contribution in [0, 0.1) is 11.3 Å². The Bertz CT molecular complexity index is 567. The molecule has 1 fully saturated rings. The van der Waals surface area contributed by atoms with Crippen molar-refractivity contribution in [3.8, 4) is 5.75 Å². The van der Waals surface area contributed by atoms with Crippen LogP contribution in [0.2, 0.25) is 0 Å². The highest BCUT2D eigenvalue weighted by Crippen LogP contribution is 2.65. The summed E-state index contributed by atoms with van der Waals surface area (Å²) in [7, 11) is 1.50. The Morgan fingerprint density at radius 1 is 1.43 bits per heavy atom. The van der Waals surface area contributed by atoms with E-state index >= 15 is 0 Å². The lowest BCUT2D eigenvalue weighted by molar-refractivity contribution is -0.119. The van der Waals surface area contributed by atoms with Crippen molar-refractivity contribution >= 4 is 12.2 Å². The van der Waals surface area contributed by atoms with E-state index in [9.17, 15) is 4.79 Å². The molecule has 0 aromatic heterocycles. The number of rotatable bonds is 2. The number of carbonyl (C=O) groups is 1. The molecule has 2 atom stereocenters. The third kappa shape index (κ3) is 2.53. The van der Waals surface area contributed by atoms with Crippen LogP contribution in [0.3, 0.4) is 0 Å². The van der Waals surface area contributed by atoms with Crippen molar-refractivity contribution in [3.63, 3.8) is 0 Å². The number of fused-ring (bicyclic) bond motifs is 1. The van der Waals surface area contributed by atoms with E-state index in [-0.39, 0.29) is 23.2 Å². The fraction of sp³-hybridized carbons (Fsp3) is 0.500. The van der Waals surface area contributed by atoms with Gasteiger partial charge in [0.1, 0.15) is 5.75 Å². The van der Waals surface area contributed by atoms with Crippen LogP contribution in [0.25, 0.3) is 0 Å². The second kappa shape index (κ2) is 5.85. The van der Waals surface area contributed by atoms with E-state index in [2.05, 4.69) is 30.6 Å². The number of ether oxygens (including phenoxy) is 1. The van der Waals surface area contributed by atoms with Crippen molar-refractivity contribution in [2.24, 2.45) is 27.8 Å². The van der Waals surface area contributed by atoms with E-state index in [1.165, 1.54) is 18.2 Å². The van der Waals surface area contributed by atoms with Crippen molar-refractivity contribution in [2.45, 2.75) is 26.2 Å². The second-order valence-electron chi connectivity index (χ2n) is 5.82. The fourth-order valence-electron chi connectivity index (χ4n) is 3.37. The van der Waals surface area contributed by atoms with E-state index in [0.29, 0.717) is 0 Å². The monoisotopic (exact) mass is 289 g/mol. The molecule has 114 valence electrons. The highest BCUT2D eigenvalue weighted by Gasteiger charge is 2.62. The van der Waals surface area contributed by atoms with Gasteiger partial charge < -0.3 is 16.2 Å². The third-order valence-electron chi connectivity index (χ3n) is 4.41. The second-order valence-corrected chi connectivity index (χ2v) is 5.82. The van der Waals surface area contributed by atoms with Gasteiger partial charge in [-0.3, -0.25) is 4.79 Å². The van der Waals surface area contributed by atoms with Gasteiger partial charge in [0, 0.05) is 17.9 Å². The Kier molecular flexibility index (Phi) is 4.32. The Labute approximate surface area is 125 Å². The molecule has 3 rings (SSSR count). The minimum atomic E-state index is -0.117. The van der Waals surface area contributed by atoms with E-state index in [0.717, 1.165) is 25.1 Å². The van der Waals surface area contributed by atoms with Crippen molar-refractivity contribution in [2.75, 3.05) is 13.7 Å². The van der Waals surface area contributed by atoms with Gasteiger partial charge in [-0.2, -0.15) is 0 Å². The third-order valence-corrected chi connectivity index (χ3v) is 4.41. The maximum Gasteiger partial charge on any atom is 0.251 e. The van der Waals surface area contributed by atoms with Crippen LogP contribution < -0.4 is 16.2 Å². The molecule has 4 N–H and O–H groups in total. The van der Waals surface area contributed by atoms with Gasteiger partial charge in [-0.05, 0) is 24.1 Å². The minimum absolute atomic E-state index is 0.0543. The largest absolute Gasteiger partial charge is 0.493 e. The lowest BCUT2D eigenvalue weighted by Crippen LogP contribution is -2.05. The molecule has 1 heterocycles. The van der Waals surface area contributed by atoms with Crippen LogP contribution in [0.4, 0.5) is 0 Å². The zero-order valence-electron chi connectivity index (χ0n) is 12.8. The zero-order chi connectivity index (χ0) is 15.6. The van der Waals surface area contributed by atoms with E-state index < -0.39 is 0 Å². The van der Waals surface area contributed by atoms with Gasteiger partial charge in [-0.1, -0.05) is 26.0 Å². The molecular formula is C16H23N3O2. The molecule has 1 amide bonds. The summed E-state index contributed by atoms with van der Waals surface area (Å²) in [5.41, 5.74) is 12.2. The molecule has 5 nitrogen and oxygen atoms in total. The normalized spacial score (nSPS) is 24.8. The molecule has 0 bridgehead atoms. The number of hydrogen-bond acceptors (Lipinski definition) is 3. The molecule has 0 saturated heterocycles. The van der Waals surface area contributed by atoms with Gasteiger partial charge >= 0.3 is 0 Å². The van der Waals surface area contributed by atoms with Crippen LogP contribution in [-0.4, -0.2) is 25.9 Å². The maximum atomic E-state index is 12.0. The Hall–Kier alpha value is -1.88. The van der Waals surface area contributed by atoms with Crippen LogP contribution in [0.5, 0.6) is 5.75 Å². The summed E-state index contributed by atoms with van der Waals surface area (Å²) in [6, 6.07) is 6.11. The molecule has 1 saturated carbocycles. The first kappa shape index (κ1) is 15.5. The van der Waals surface area contributed by atoms with Gasteiger partial charge in [-0.25, -0.2) is 4.99 Å². The first-order valence-corrected chi connectivity index (χ1v) is 7.18. The number of benzene rings is 1. The van der Waals surface area contributed by atoms with Crippen molar-refractivity contribution in [3.05, 3.63) is 29.3 Å². The molecular weight excluding hydrogens is 266 g/mol. The summed E-state index contributed by atoms with van der Waals surface area (Å²) >= 11 is 0. The standard InChI is InChI=1S/C15H18N2O2.CH5N/c1-15(2)12(13(15)14(18)17-8-16)10-4-3-5-11-9(10)6-7-19-11;1-2/h3-5,8,12-13H,6-7H2,1-2H3,(H2,16,17,18);2H2,1H3. The van der Waals surface area contributed by atoms with Gasteiger partial charge in [-0.15, -0.1) is 0 Å². The quantitative estimate of drug-likeness (QED) is 0.637. The van der Waals surface area contributed by atoms with E-state index in [1.54, 1.807) is 0 Å². The molecule has 5 heteroatoms. The molecule has 1 aliphatic carbocycles. The predicted molar refractivity (Wildman–Crippen MR) is 83.5 cm³/mol. The summed E-state index contributed by atoms with van der Waals surface area (Å²) < 4.78 is 5.59. The summed E-state index contributed by atoms with van der Waals surface area (Å²) in [6.45, 7) is 4.96. The maximum absolute atomic E-state index is 12.0. The Balaban J connectivity index is 0.000000774. The number of aliphatic imine (C=N–C) groups is 1. The summed E-state index contributed by atoms with van der Waals surface area (Å²) in [5.74, 6) is 1.00. The number of nitrogens with two attached hydrogens (primary N) is 2. The van der Waals surface area contributed by atoms with Crippen LogP contribution in [0.15, 0.2) is 23.2 Å². The van der Waals surface area contributed by atoms with Crippen molar-refractivity contribution in [1.29, 1.82) is 0 Å². The predicted octanol–water partition coefficient (Wildman–Crippen LogP) is 1.45. The molecule has 0 radical (unpaired) electrons. The zero-order valence-corrected chi connectivity index (χ0v) is 12.8. The van der Waals surface area contributed by atoms with Gasteiger partial charge in [0.05, 0.1) is 18.9 Å². The smallest absolute Gasteiger partial charge is 0.251 e. The van der Waals surface area contributed by atoms with Gasteiger partial charge in [0.2, 0.25) is 0 Å². The van der Waals surface area contributed by atoms with Crippen molar-refractivity contribution < 1.29 is 9.53 Å². The van der Waals surface area contributed by atoms with Gasteiger partial charge in [0.15, 0.2) is 0 Å². The average molecular weight is 289 g/mol. The fourth-order valence-corrected chi connectivity index (χ4v) is 3.37. The van der Waals surface area contributed by atoms with Gasteiger partial charge in [0.25, 0.3) is 5.91 Å². The summed E-state index contributed by atoms with van der Waals surface area (Å²) in [6.07, 6.45) is 2.02. The lowest BCUT2D eigenvalue weighted by Gasteiger charge is -2.07. The first-order valence-electron chi connectivity index (χ1n) is 7.18. The van der Waals surface area contributed by atoms with Crippen LogP contribution >= 0.6 is 0 Å². The highest BCUT2D eigenvalue weighted by molar-refractivity contribution is 5.90. The van der Waals surface area contributed by atoms with E-state index in [4.69, 9.17) is 10.5 Å². The number of amides is 1. The SMILES string of the molecule is CC1(C)C(C(=O)N=CN)C1c1cccc2c1CCO2.CN. The molecule has 1 aliphatic heterocycles. The first-order chi connectivity index (χ1) is 10.1. The summed E-state index contributed by atoms with van der Waals surface area (Å²) in [5, 5.41) is 0. The molecule has 21 heavy (non-hydrogen) atoms. The molecule has 1 aromatic rings. The average Bonchev–Trinajstić information content (AvgIpc) is 2.84. The topological polar surface area (TPSA) is 90.7 Å². The number of nitrogens with zero attached hydrogens (tertiary/aromatic N) is 1.